The molecule has 5 nitrogen and oxygen atoms in total. The van der Waals surface area contributed by atoms with E-state index < -0.39 is 4.92 Å². The van der Waals surface area contributed by atoms with Crippen LogP contribution in [0.1, 0.15) is 16.7 Å². The molecule has 0 amide bonds. The van der Waals surface area contributed by atoms with Crippen LogP contribution in [0.15, 0.2) is 48.5 Å². The summed E-state index contributed by atoms with van der Waals surface area (Å²) < 4.78 is 0. The first kappa shape index (κ1) is 14.0. The Morgan fingerprint density at radius 1 is 1.14 bits per heavy atom. The van der Waals surface area contributed by atoms with E-state index in [0.29, 0.717) is 16.7 Å². The van der Waals surface area contributed by atoms with Crippen LogP contribution in [-0.2, 0) is 0 Å². The molecule has 0 fully saturated rings. The Morgan fingerprint density at radius 2 is 1.90 bits per heavy atom. The van der Waals surface area contributed by atoms with Gasteiger partial charge in [-0.15, -0.1) is 0 Å². The quantitative estimate of drug-likeness (QED) is 0.371. The van der Waals surface area contributed by atoms with Gasteiger partial charge in [0.05, 0.1) is 33.8 Å². The molecule has 0 saturated heterocycles. The number of nitro benzene ring substituents is 1. The fraction of sp³-hybridized carbons (Fsp3) is 0. The van der Waals surface area contributed by atoms with Crippen molar-refractivity contribution >= 4 is 17.3 Å². The van der Waals surface area contributed by atoms with E-state index in [1.54, 1.807) is 42.5 Å². The Labute approximate surface area is 121 Å². The zero-order valence-electron chi connectivity index (χ0n) is 10.9. The maximum Gasteiger partial charge on any atom is 0.276 e. The normalized spacial score (nSPS) is 10.5. The molecule has 2 aromatic carbocycles. The van der Waals surface area contributed by atoms with Crippen molar-refractivity contribution in [3.8, 4) is 12.1 Å². The molecule has 0 radical (unpaired) electrons. The smallest absolute Gasteiger partial charge is 0.258 e. The monoisotopic (exact) mass is 275 g/mol. The predicted molar refractivity (Wildman–Crippen MR) is 77.7 cm³/mol. The van der Waals surface area contributed by atoms with Crippen molar-refractivity contribution in [1.82, 2.24) is 0 Å². The molecule has 100 valence electrons. The Kier molecular flexibility index (Phi) is 4.09. The van der Waals surface area contributed by atoms with Gasteiger partial charge in [-0.2, -0.15) is 10.5 Å². The number of para-hydroxylation sites is 1. The summed E-state index contributed by atoms with van der Waals surface area (Å²) in [5.41, 5.74) is 1.52. The topological polar surface area (TPSA) is 90.7 Å². The Bertz CT molecular complexity index is 811. The highest BCUT2D eigenvalue weighted by molar-refractivity contribution is 5.91. The van der Waals surface area contributed by atoms with Gasteiger partial charge >= 0.3 is 0 Å². The molecule has 0 aliphatic carbocycles. The zero-order valence-corrected chi connectivity index (χ0v) is 10.9. The molecule has 0 heterocycles. The van der Waals surface area contributed by atoms with Crippen molar-refractivity contribution in [3.63, 3.8) is 0 Å². The second kappa shape index (κ2) is 6.14. The number of hydrogen-bond donors (Lipinski definition) is 0. The van der Waals surface area contributed by atoms with Gasteiger partial charge in [-0.1, -0.05) is 24.3 Å². The fourth-order valence-electron chi connectivity index (χ4n) is 1.87. The van der Waals surface area contributed by atoms with E-state index in [0.717, 1.165) is 0 Å². The number of rotatable bonds is 3. The third-order valence-electron chi connectivity index (χ3n) is 2.86. The summed E-state index contributed by atoms with van der Waals surface area (Å²) in [6.07, 6.45) is 1.45. The SMILES string of the molecule is N#CC(=Cc1ccccc1[N+](=O)[O-])c1cccc(C#N)c1. The molecule has 0 aliphatic heterocycles. The van der Waals surface area contributed by atoms with Crippen molar-refractivity contribution < 1.29 is 4.92 Å². The van der Waals surface area contributed by atoms with Gasteiger partial charge in [0.1, 0.15) is 0 Å². The van der Waals surface area contributed by atoms with E-state index in [9.17, 15) is 15.4 Å². The summed E-state index contributed by atoms with van der Waals surface area (Å²) in [5, 5.41) is 29.1. The van der Waals surface area contributed by atoms with Crippen molar-refractivity contribution in [3.05, 3.63) is 75.3 Å². The van der Waals surface area contributed by atoms with Crippen LogP contribution >= 0.6 is 0 Å². The Morgan fingerprint density at radius 3 is 2.57 bits per heavy atom. The zero-order chi connectivity index (χ0) is 15.2. The standard InChI is InChI=1S/C16H9N3O2/c17-10-12-4-3-6-13(8-12)15(11-18)9-14-5-1-2-7-16(14)19(20)21/h1-9H. The lowest BCUT2D eigenvalue weighted by Crippen LogP contribution is -1.91. The van der Waals surface area contributed by atoms with Crippen molar-refractivity contribution in [1.29, 1.82) is 10.5 Å². The summed E-state index contributed by atoms with van der Waals surface area (Å²) in [6, 6.07) is 16.7. The fourth-order valence-corrected chi connectivity index (χ4v) is 1.87. The number of allylic oxidation sites excluding steroid dienone is 1. The Hall–Kier alpha value is -3.44. The summed E-state index contributed by atoms with van der Waals surface area (Å²) >= 11 is 0. The first-order valence-corrected chi connectivity index (χ1v) is 6.01. The van der Waals surface area contributed by atoms with E-state index in [4.69, 9.17) is 5.26 Å². The molecule has 5 heteroatoms. The highest BCUT2D eigenvalue weighted by Crippen LogP contribution is 2.24. The molecule has 0 bridgehead atoms. The first-order chi connectivity index (χ1) is 10.2. The summed E-state index contributed by atoms with van der Waals surface area (Å²) in [6.45, 7) is 0. The summed E-state index contributed by atoms with van der Waals surface area (Å²) in [5.74, 6) is 0. The summed E-state index contributed by atoms with van der Waals surface area (Å²) in [4.78, 5) is 10.5. The van der Waals surface area contributed by atoms with Crippen LogP contribution in [0.25, 0.3) is 11.6 Å². The lowest BCUT2D eigenvalue weighted by Gasteiger charge is -2.01. The number of nitro groups is 1. The van der Waals surface area contributed by atoms with Crippen molar-refractivity contribution in [2.24, 2.45) is 0 Å². The van der Waals surface area contributed by atoms with E-state index in [-0.39, 0.29) is 11.3 Å². The largest absolute Gasteiger partial charge is 0.276 e. The van der Waals surface area contributed by atoms with Crippen LogP contribution in [0.3, 0.4) is 0 Å². The van der Waals surface area contributed by atoms with Crippen LogP contribution in [-0.4, -0.2) is 4.92 Å². The molecule has 0 N–H and O–H groups in total. The van der Waals surface area contributed by atoms with Crippen molar-refractivity contribution in [2.45, 2.75) is 0 Å². The van der Waals surface area contributed by atoms with Gasteiger partial charge in [0.25, 0.3) is 5.69 Å². The van der Waals surface area contributed by atoms with E-state index in [2.05, 4.69) is 0 Å². The van der Waals surface area contributed by atoms with E-state index in [1.165, 1.54) is 12.1 Å². The third kappa shape index (κ3) is 3.12. The minimum Gasteiger partial charge on any atom is -0.258 e. The molecule has 0 atom stereocenters. The molecular weight excluding hydrogens is 266 g/mol. The van der Waals surface area contributed by atoms with E-state index >= 15 is 0 Å². The molecule has 0 saturated carbocycles. The van der Waals surface area contributed by atoms with Gasteiger partial charge in [-0.05, 0) is 29.8 Å². The lowest BCUT2D eigenvalue weighted by molar-refractivity contribution is -0.385. The average Bonchev–Trinajstić information content (AvgIpc) is 2.52. The third-order valence-corrected chi connectivity index (χ3v) is 2.86. The second-order valence-electron chi connectivity index (χ2n) is 4.18. The van der Waals surface area contributed by atoms with Gasteiger partial charge in [0.2, 0.25) is 0 Å². The van der Waals surface area contributed by atoms with Gasteiger partial charge in [0, 0.05) is 6.07 Å². The summed E-state index contributed by atoms with van der Waals surface area (Å²) in [7, 11) is 0. The maximum absolute atomic E-state index is 11.0. The number of hydrogen-bond acceptors (Lipinski definition) is 4. The van der Waals surface area contributed by atoms with Crippen molar-refractivity contribution in [2.75, 3.05) is 0 Å². The van der Waals surface area contributed by atoms with Crippen LogP contribution in [0.4, 0.5) is 5.69 Å². The molecular formula is C16H9N3O2. The highest BCUT2D eigenvalue weighted by atomic mass is 16.6. The number of nitriles is 2. The first-order valence-electron chi connectivity index (χ1n) is 6.01. The number of nitrogens with zero attached hydrogens (tertiary/aromatic N) is 3. The maximum atomic E-state index is 11.0. The second-order valence-corrected chi connectivity index (χ2v) is 4.18. The molecule has 0 aliphatic rings. The minimum absolute atomic E-state index is 0.0679. The molecule has 2 rings (SSSR count). The highest BCUT2D eigenvalue weighted by Gasteiger charge is 2.12. The van der Waals surface area contributed by atoms with Crippen LogP contribution in [0, 0.1) is 32.8 Å². The van der Waals surface area contributed by atoms with Crippen LogP contribution in [0.2, 0.25) is 0 Å². The lowest BCUT2D eigenvalue weighted by atomic mass is 10.0. The van der Waals surface area contributed by atoms with E-state index in [1.807, 2.05) is 12.1 Å². The Balaban J connectivity index is 2.54. The van der Waals surface area contributed by atoms with Crippen LogP contribution < -0.4 is 0 Å². The molecule has 21 heavy (non-hydrogen) atoms. The van der Waals surface area contributed by atoms with Gasteiger partial charge < -0.3 is 0 Å². The van der Waals surface area contributed by atoms with Gasteiger partial charge in [-0.25, -0.2) is 0 Å². The molecule has 0 unspecified atom stereocenters. The van der Waals surface area contributed by atoms with Gasteiger partial charge in [-0.3, -0.25) is 10.1 Å². The minimum atomic E-state index is -0.494. The molecule has 0 spiro atoms. The predicted octanol–water partition coefficient (Wildman–Crippen LogP) is 3.53. The molecule has 2 aromatic rings. The average molecular weight is 275 g/mol. The molecule has 0 aromatic heterocycles. The number of benzene rings is 2. The van der Waals surface area contributed by atoms with Gasteiger partial charge in [0.15, 0.2) is 0 Å². The van der Waals surface area contributed by atoms with Crippen LogP contribution in [0.5, 0.6) is 0 Å².